The maximum Gasteiger partial charge on any atom is 0.252 e. The lowest BCUT2D eigenvalue weighted by atomic mass is 10.1. The number of hydrogen-bond donors (Lipinski definition) is 0. The number of amidine groups is 1. The van der Waals surface area contributed by atoms with Crippen LogP contribution in [-0.2, 0) is 21.1 Å². The van der Waals surface area contributed by atoms with Gasteiger partial charge in [-0.2, -0.15) is 4.99 Å². The fourth-order valence-corrected chi connectivity index (χ4v) is 7.98. The SMILES string of the molecule is COc1ccc(CC(=O)N=C2S[C@@H]3CS(=O)(=O)C[C@@H]3N2c2ccc(C)c(C)c2)cc1OC. The Balaban J connectivity index is 1.63. The number of amides is 1. The number of fused-ring (bicyclic) bond motifs is 1. The molecule has 2 aliphatic heterocycles. The van der Waals surface area contributed by atoms with E-state index in [9.17, 15) is 13.2 Å². The number of anilines is 1. The molecule has 2 atom stereocenters. The normalized spacial score (nSPS) is 22.8. The van der Waals surface area contributed by atoms with Crippen molar-refractivity contribution in [3.8, 4) is 11.5 Å². The minimum Gasteiger partial charge on any atom is -0.493 e. The van der Waals surface area contributed by atoms with Crippen LogP contribution in [0.1, 0.15) is 16.7 Å². The van der Waals surface area contributed by atoms with Gasteiger partial charge in [-0.05, 0) is 54.8 Å². The van der Waals surface area contributed by atoms with Gasteiger partial charge >= 0.3 is 0 Å². The molecule has 2 fully saturated rings. The molecule has 32 heavy (non-hydrogen) atoms. The molecule has 0 N–H and O–H groups in total. The molecular formula is C23H26N2O5S2. The van der Waals surface area contributed by atoms with Crippen molar-refractivity contribution in [1.82, 2.24) is 0 Å². The van der Waals surface area contributed by atoms with E-state index in [-0.39, 0.29) is 35.1 Å². The number of benzene rings is 2. The number of aliphatic imine (C=N–C) groups is 1. The highest BCUT2D eigenvalue weighted by Crippen LogP contribution is 2.41. The number of rotatable bonds is 5. The van der Waals surface area contributed by atoms with E-state index in [0.29, 0.717) is 16.7 Å². The molecule has 2 aromatic rings. The van der Waals surface area contributed by atoms with Crippen molar-refractivity contribution in [2.24, 2.45) is 4.99 Å². The smallest absolute Gasteiger partial charge is 0.252 e. The fraction of sp³-hybridized carbons (Fsp3) is 0.391. The minimum absolute atomic E-state index is 0.0699. The van der Waals surface area contributed by atoms with Gasteiger partial charge < -0.3 is 14.4 Å². The first-order valence-corrected chi connectivity index (χ1v) is 13.0. The van der Waals surface area contributed by atoms with Crippen LogP contribution in [0.4, 0.5) is 5.69 Å². The van der Waals surface area contributed by atoms with Crippen LogP contribution in [0.25, 0.3) is 0 Å². The first kappa shape index (κ1) is 22.7. The van der Waals surface area contributed by atoms with Crippen molar-refractivity contribution in [2.45, 2.75) is 31.6 Å². The van der Waals surface area contributed by atoms with E-state index in [1.54, 1.807) is 26.4 Å². The predicted molar refractivity (Wildman–Crippen MR) is 128 cm³/mol. The van der Waals surface area contributed by atoms with E-state index in [0.717, 1.165) is 22.4 Å². The molecule has 0 aromatic heterocycles. The van der Waals surface area contributed by atoms with Gasteiger partial charge in [-0.1, -0.05) is 23.9 Å². The Morgan fingerprint density at radius 3 is 2.50 bits per heavy atom. The number of carbonyl (C=O) groups is 1. The first-order valence-electron chi connectivity index (χ1n) is 10.3. The van der Waals surface area contributed by atoms with Crippen LogP contribution in [0.2, 0.25) is 0 Å². The van der Waals surface area contributed by atoms with Gasteiger partial charge in [0.2, 0.25) is 0 Å². The third-order valence-electron chi connectivity index (χ3n) is 5.86. The van der Waals surface area contributed by atoms with E-state index < -0.39 is 9.84 Å². The van der Waals surface area contributed by atoms with Crippen LogP contribution >= 0.6 is 11.8 Å². The zero-order valence-corrected chi connectivity index (χ0v) is 20.1. The Morgan fingerprint density at radius 2 is 1.81 bits per heavy atom. The average Bonchev–Trinajstić information content (AvgIpc) is 3.20. The molecular weight excluding hydrogens is 448 g/mol. The molecule has 0 unspecified atom stereocenters. The summed E-state index contributed by atoms with van der Waals surface area (Å²) in [7, 11) is 0.000972. The zero-order valence-electron chi connectivity index (χ0n) is 18.5. The van der Waals surface area contributed by atoms with Gasteiger partial charge in [0.15, 0.2) is 26.5 Å². The van der Waals surface area contributed by atoms with Crippen molar-refractivity contribution >= 4 is 38.4 Å². The summed E-state index contributed by atoms with van der Waals surface area (Å²) in [5.74, 6) is 1.03. The highest BCUT2D eigenvalue weighted by atomic mass is 32.2. The molecule has 0 bridgehead atoms. The number of thioether (sulfide) groups is 1. The number of carbonyl (C=O) groups excluding carboxylic acids is 1. The van der Waals surface area contributed by atoms with E-state index in [1.165, 1.54) is 11.8 Å². The lowest BCUT2D eigenvalue weighted by Crippen LogP contribution is -2.37. The van der Waals surface area contributed by atoms with E-state index in [2.05, 4.69) is 4.99 Å². The number of nitrogens with zero attached hydrogens (tertiary/aromatic N) is 2. The van der Waals surface area contributed by atoms with Gasteiger partial charge in [-0.15, -0.1) is 0 Å². The van der Waals surface area contributed by atoms with E-state index >= 15 is 0 Å². The number of ether oxygens (including phenoxy) is 2. The Kier molecular flexibility index (Phi) is 6.22. The second kappa shape index (κ2) is 8.78. The lowest BCUT2D eigenvalue weighted by Gasteiger charge is -2.25. The van der Waals surface area contributed by atoms with Gasteiger partial charge in [-0.3, -0.25) is 4.79 Å². The van der Waals surface area contributed by atoms with Gasteiger partial charge in [0.05, 0.1) is 38.2 Å². The fourth-order valence-electron chi connectivity index (χ4n) is 4.05. The molecule has 0 spiro atoms. The quantitative estimate of drug-likeness (QED) is 0.658. The lowest BCUT2D eigenvalue weighted by molar-refractivity contribution is -0.117. The van der Waals surface area contributed by atoms with Crippen LogP contribution in [0.5, 0.6) is 11.5 Å². The Labute approximate surface area is 192 Å². The molecule has 9 heteroatoms. The van der Waals surface area contributed by atoms with E-state index in [4.69, 9.17) is 9.47 Å². The largest absolute Gasteiger partial charge is 0.493 e. The van der Waals surface area contributed by atoms with Gasteiger partial charge in [0.25, 0.3) is 5.91 Å². The van der Waals surface area contributed by atoms with Gasteiger partial charge in [0.1, 0.15) is 0 Å². The van der Waals surface area contributed by atoms with Crippen molar-refractivity contribution in [3.63, 3.8) is 0 Å². The average molecular weight is 475 g/mol. The summed E-state index contributed by atoms with van der Waals surface area (Å²) in [5.41, 5.74) is 3.88. The molecule has 170 valence electrons. The molecule has 7 nitrogen and oxygen atoms in total. The molecule has 2 saturated heterocycles. The van der Waals surface area contributed by atoms with Crippen molar-refractivity contribution in [2.75, 3.05) is 30.6 Å². The maximum atomic E-state index is 12.8. The number of methoxy groups -OCH3 is 2. The van der Waals surface area contributed by atoms with Crippen LogP contribution in [-0.4, -0.2) is 56.5 Å². The van der Waals surface area contributed by atoms with E-state index in [1.807, 2.05) is 43.0 Å². The molecule has 2 heterocycles. The topological polar surface area (TPSA) is 85.3 Å². The van der Waals surface area contributed by atoms with Gasteiger partial charge in [0, 0.05) is 10.9 Å². The summed E-state index contributed by atoms with van der Waals surface area (Å²) in [6, 6.07) is 11.1. The standard InChI is InChI=1S/C23H26N2O5S2/c1-14-5-7-17(9-15(14)2)25-18-12-32(27,28)13-21(18)31-23(25)24-22(26)11-16-6-8-19(29-3)20(10-16)30-4/h5-10,18,21H,11-13H2,1-4H3/t18-,21+/m0/s1. The third kappa shape index (κ3) is 4.49. The summed E-state index contributed by atoms with van der Waals surface area (Å²) in [5, 5.41) is 0.429. The van der Waals surface area contributed by atoms with Crippen LogP contribution in [0.3, 0.4) is 0 Å². The van der Waals surface area contributed by atoms with Crippen molar-refractivity contribution in [1.29, 1.82) is 0 Å². The zero-order chi connectivity index (χ0) is 23.0. The molecule has 2 aliphatic rings. The summed E-state index contributed by atoms with van der Waals surface area (Å²) < 4.78 is 35.1. The van der Waals surface area contributed by atoms with Crippen molar-refractivity contribution in [3.05, 3.63) is 53.1 Å². The van der Waals surface area contributed by atoms with Crippen molar-refractivity contribution < 1.29 is 22.7 Å². The van der Waals surface area contributed by atoms with Crippen LogP contribution < -0.4 is 14.4 Å². The maximum absolute atomic E-state index is 12.8. The van der Waals surface area contributed by atoms with Crippen LogP contribution in [0.15, 0.2) is 41.4 Å². The summed E-state index contributed by atoms with van der Waals surface area (Å²) in [4.78, 5) is 19.2. The number of aryl methyl sites for hydroxylation is 2. The molecule has 1 amide bonds. The molecule has 0 radical (unpaired) electrons. The molecule has 2 aromatic carbocycles. The Morgan fingerprint density at radius 1 is 1.06 bits per heavy atom. The highest BCUT2D eigenvalue weighted by molar-refractivity contribution is 8.16. The minimum atomic E-state index is -3.11. The molecule has 0 aliphatic carbocycles. The Bertz CT molecular complexity index is 1190. The number of hydrogen-bond acceptors (Lipinski definition) is 6. The molecule has 0 saturated carbocycles. The second-order valence-corrected chi connectivity index (χ2v) is 11.5. The highest BCUT2D eigenvalue weighted by Gasteiger charge is 2.49. The first-order chi connectivity index (χ1) is 15.2. The third-order valence-corrected chi connectivity index (χ3v) is 9.07. The summed E-state index contributed by atoms with van der Waals surface area (Å²) in [6.45, 7) is 4.05. The summed E-state index contributed by atoms with van der Waals surface area (Å²) in [6.07, 6.45) is 0.110. The Hall–Kier alpha value is -2.52. The predicted octanol–water partition coefficient (Wildman–Crippen LogP) is 3.16. The van der Waals surface area contributed by atoms with Crippen LogP contribution in [0, 0.1) is 13.8 Å². The van der Waals surface area contributed by atoms with Gasteiger partial charge in [-0.25, -0.2) is 8.42 Å². The monoisotopic (exact) mass is 474 g/mol. The molecule has 4 rings (SSSR count). The summed E-state index contributed by atoms with van der Waals surface area (Å²) >= 11 is 1.38. The second-order valence-electron chi connectivity index (χ2n) is 8.09. The number of sulfone groups is 1.